The maximum absolute atomic E-state index is 12.7. The van der Waals surface area contributed by atoms with Crippen LogP contribution in [0.15, 0.2) is 132 Å². The predicted molar refractivity (Wildman–Crippen MR) is 298 cm³/mol. The SMILES string of the molecule is CC(=O)c1ccco1.COc1cc(OC)nc(C)n1.COc1ccnc(C)n1.Cc1[nH]cnc2cc3nccc3cc12.Cc1ncc(F)cn1.Cc1ncc2cc(F)ccc2n1.Cc1ncnc2cn[nH]c12.Cc1ncnc2nonc12. The molecule has 82 heavy (non-hydrogen) atoms. The van der Waals surface area contributed by atoms with Crippen LogP contribution in [0.5, 0.6) is 17.6 Å². The van der Waals surface area contributed by atoms with Crippen LogP contribution >= 0.6 is 0 Å². The highest BCUT2D eigenvalue weighted by atomic mass is 19.1. The Labute approximate surface area is 466 Å². The molecule has 13 aromatic rings. The molecule has 2 aromatic carbocycles. The lowest BCUT2D eigenvalue weighted by molar-refractivity contribution is 0.0987. The number of aromatic amines is 2. The van der Waals surface area contributed by atoms with Crippen molar-refractivity contribution in [3.05, 3.63) is 181 Å². The second kappa shape index (κ2) is 30.3. The average Bonchev–Trinajstić information content (AvgIpc) is 4.50. The lowest BCUT2D eigenvalue weighted by Crippen LogP contribution is -1.95. The molecule has 0 saturated carbocycles. The fraction of sp³-hybridized carbons (Fsp3) is 0.200. The number of hydrogen-bond acceptors (Lipinski definition) is 23. The number of fused-ring (bicyclic) bond motifs is 5. The molecule has 0 radical (unpaired) electrons. The summed E-state index contributed by atoms with van der Waals surface area (Å²) >= 11 is 0. The van der Waals surface area contributed by atoms with Gasteiger partial charge in [0.2, 0.25) is 23.3 Å². The number of carbonyl (C=O) groups excluding carboxylic acids is 1. The van der Waals surface area contributed by atoms with Gasteiger partial charge in [-0.05, 0) is 107 Å². The van der Waals surface area contributed by atoms with Crippen molar-refractivity contribution in [1.29, 1.82) is 0 Å². The Bertz CT molecular complexity index is 3930. The van der Waals surface area contributed by atoms with Gasteiger partial charge in [-0.25, -0.2) is 63.2 Å². The van der Waals surface area contributed by atoms with Gasteiger partial charge in [0.15, 0.2) is 22.9 Å². The molecular formula is C55H55F2N19O6. The average molecular weight is 1120 g/mol. The molecule has 0 saturated heterocycles. The quantitative estimate of drug-likeness (QED) is 0.155. The Morgan fingerprint density at radius 2 is 1.23 bits per heavy atom. The smallest absolute Gasteiger partial charge is 0.227 e. The number of aromatic nitrogens is 19. The third kappa shape index (κ3) is 18.4. The van der Waals surface area contributed by atoms with Crippen LogP contribution in [0.2, 0.25) is 0 Å². The number of rotatable bonds is 4. The van der Waals surface area contributed by atoms with Crippen molar-refractivity contribution in [2.24, 2.45) is 0 Å². The van der Waals surface area contributed by atoms with Gasteiger partial charge in [0, 0.05) is 53.4 Å². The van der Waals surface area contributed by atoms with E-state index in [0.717, 1.165) is 73.7 Å². The summed E-state index contributed by atoms with van der Waals surface area (Å²) in [6.45, 7) is 14.4. The molecule has 0 aliphatic heterocycles. The molecule has 13 rings (SSSR count). The number of nitrogens with zero attached hydrogens (tertiary/aromatic N) is 17. The molecule has 0 aliphatic rings. The Kier molecular flexibility index (Phi) is 22.3. The van der Waals surface area contributed by atoms with Crippen molar-refractivity contribution < 1.29 is 36.8 Å². The van der Waals surface area contributed by atoms with Crippen LogP contribution in [0.3, 0.4) is 0 Å². The van der Waals surface area contributed by atoms with Gasteiger partial charge in [0.25, 0.3) is 0 Å². The summed E-state index contributed by atoms with van der Waals surface area (Å²) in [4.78, 5) is 68.9. The van der Waals surface area contributed by atoms with E-state index in [9.17, 15) is 13.6 Å². The number of halogens is 2. The molecular weight excluding hydrogens is 1060 g/mol. The van der Waals surface area contributed by atoms with Crippen LogP contribution in [-0.4, -0.2) is 122 Å². The van der Waals surface area contributed by atoms with Gasteiger partial charge in [-0.3, -0.25) is 14.9 Å². The minimum Gasteiger partial charge on any atom is -0.481 e. The first kappa shape index (κ1) is 60.4. The summed E-state index contributed by atoms with van der Waals surface area (Å²) in [5.41, 5.74) is 8.56. The summed E-state index contributed by atoms with van der Waals surface area (Å²) in [5, 5.41) is 16.9. The summed E-state index contributed by atoms with van der Waals surface area (Å²) in [6.07, 6.45) is 15.2. The van der Waals surface area contributed by atoms with E-state index >= 15 is 0 Å². The van der Waals surface area contributed by atoms with Crippen molar-refractivity contribution in [2.75, 3.05) is 21.3 Å². The molecule has 0 spiro atoms. The van der Waals surface area contributed by atoms with E-state index in [2.05, 4.69) is 106 Å². The zero-order chi connectivity index (χ0) is 59.0. The van der Waals surface area contributed by atoms with E-state index in [1.54, 1.807) is 90.4 Å². The zero-order valence-electron chi connectivity index (χ0n) is 46.4. The Morgan fingerprint density at radius 3 is 1.87 bits per heavy atom. The molecule has 25 nitrogen and oxygen atoms in total. The molecule has 11 aromatic heterocycles. The largest absolute Gasteiger partial charge is 0.481 e. The fourth-order valence-corrected chi connectivity index (χ4v) is 6.56. The summed E-state index contributed by atoms with van der Waals surface area (Å²) in [7, 11) is 4.70. The van der Waals surface area contributed by atoms with E-state index in [-0.39, 0.29) is 11.6 Å². The predicted octanol–water partition coefficient (Wildman–Crippen LogP) is 9.48. The maximum atomic E-state index is 12.7. The van der Waals surface area contributed by atoms with Gasteiger partial charge in [-0.15, -0.1) is 0 Å². The number of carbonyl (C=O) groups is 1. The van der Waals surface area contributed by atoms with Crippen molar-refractivity contribution in [3.8, 4) is 17.6 Å². The number of methoxy groups -OCH3 is 3. The van der Waals surface area contributed by atoms with E-state index < -0.39 is 5.82 Å². The molecule has 0 unspecified atom stereocenters. The van der Waals surface area contributed by atoms with Crippen molar-refractivity contribution in [2.45, 2.75) is 55.4 Å². The van der Waals surface area contributed by atoms with Gasteiger partial charge in [0.05, 0.1) is 86.5 Å². The van der Waals surface area contributed by atoms with E-state index in [1.807, 2.05) is 52.9 Å². The van der Waals surface area contributed by atoms with Crippen LogP contribution < -0.4 is 14.2 Å². The van der Waals surface area contributed by atoms with Crippen LogP contribution in [0.25, 0.3) is 54.9 Å². The molecule has 0 amide bonds. The van der Waals surface area contributed by atoms with Crippen molar-refractivity contribution in [1.82, 2.24) is 95.3 Å². The van der Waals surface area contributed by atoms with Crippen LogP contribution in [0, 0.1) is 60.1 Å². The topological polar surface area (TPSA) is 322 Å². The van der Waals surface area contributed by atoms with E-state index in [0.29, 0.717) is 52.0 Å². The Morgan fingerprint density at radius 1 is 0.549 bits per heavy atom. The van der Waals surface area contributed by atoms with Crippen LogP contribution in [0.1, 0.15) is 57.9 Å². The highest BCUT2D eigenvalue weighted by Gasteiger charge is 2.05. The van der Waals surface area contributed by atoms with Crippen molar-refractivity contribution in [3.63, 3.8) is 0 Å². The Balaban J connectivity index is 0.000000152. The summed E-state index contributed by atoms with van der Waals surface area (Å²) in [6, 6.07) is 17.3. The molecule has 0 fully saturated rings. The van der Waals surface area contributed by atoms with Gasteiger partial charge < -0.3 is 23.6 Å². The van der Waals surface area contributed by atoms with Gasteiger partial charge in [-0.1, -0.05) is 0 Å². The maximum Gasteiger partial charge on any atom is 0.227 e. The van der Waals surface area contributed by atoms with Crippen LogP contribution in [-0.2, 0) is 0 Å². The fourth-order valence-electron chi connectivity index (χ4n) is 6.56. The van der Waals surface area contributed by atoms with Crippen molar-refractivity contribution >= 4 is 60.7 Å². The zero-order valence-corrected chi connectivity index (χ0v) is 46.4. The van der Waals surface area contributed by atoms with Gasteiger partial charge in [0.1, 0.15) is 52.8 Å². The molecule has 0 aliphatic carbocycles. The molecule has 27 heteroatoms. The summed E-state index contributed by atoms with van der Waals surface area (Å²) in [5.74, 6) is 4.06. The normalized spacial score (nSPS) is 10.1. The molecule has 420 valence electrons. The first-order valence-electron chi connectivity index (χ1n) is 24.4. The molecule has 11 heterocycles. The van der Waals surface area contributed by atoms with Gasteiger partial charge in [-0.2, -0.15) is 20.1 Å². The lowest BCUT2D eigenvalue weighted by Gasteiger charge is -2.02. The third-order valence-corrected chi connectivity index (χ3v) is 10.6. The molecule has 0 atom stereocenters. The number of Topliss-reactive ketones (excluding diaryl/α,β-unsaturated/α-hetero) is 1. The second-order valence-corrected chi connectivity index (χ2v) is 16.6. The minimum atomic E-state index is -0.393. The van der Waals surface area contributed by atoms with E-state index in [4.69, 9.17) is 18.6 Å². The number of nitrogens with one attached hydrogen (secondary N) is 2. The lowest BCUT2D eigenvalue weighted by atomic mass is 10.1. The molecule has 2 N–H and O–H groups in total. The van der Waals surface area contributed by atoms with Crippen LogP contribution in [0.4, 0.5) is 8.78 Å². The number of aryl methyl sites for hydroxylation is 7. The highest BCUT2D eigenvalue weighted by Crippen LogP contribution is 2.22. The monoisotopic (exact) mass is 1120 g/mol. The first-order chi connectivity index (χ1) is 39.5. The number of benzene rings is 2. The molecule has 0 bridgehead atoms. The van der Waals surface area contributed by atoms with E-state index in [1.165, 1.54) is 43.4 Å². The number of hydrogen-bond donors (Lipinski definition) is 2. The van der Waals surface area contributed by atoms with Gasteiger partial charge >= 0.3 is 0 Å². The highest BCUT2D eigenvalue weighted by molar-refractivity contribution is 5.95. The number of H-pyrrole nitrogens is 2. The first-order valence-corrected chi connectivity index (χ1v) is 24.4. The third-order valence-electron chi connectivity index (χ3n) is 10.6. The standard InChI is InChI=1S/C11H9N3.C9H7FN2.C7H10N2O2.C6H6N4.C6H8N2O.C6H6O2.C5H5FN2.C5H4N4O/c1-7-9-4-8-2-3-12-10(8)5-11(9)14-6-13-7;1-6-11-5-7-4-8(10)2-3-9(7)12-6;1-5-8-6(10-2)4-7(9-5)11-3;1-4-6-5(2-9-10-6)8-3-7-4;1-5-7-4-3-6(8-5)9-2;1-5(7)6-3-2-4-8-6;1-4-7-2-5(6)3-8-4;1-3-4-5(7-2-6-3)9-10-8-4/h2-6H,1H3,(H,13,14);2-5H,1H3;4H,1-3H3;2-3H,1H3,(H,9,10);3-4H,1-2H3;2-4H,1H3;2-3H,1H3;2H,1H3. The number of ketones is 1. The number of ether oxygens (including phenoxy) is 3. The Hall–Kier alpha value is -10.9. The number of furan rings is 1. The summed E-state index contributed by atoms with van der Waals surface area (Å²) < 4.78 is 48.5. The minimum absolute atomic E-state index is 0.0324. The second-order valence-electron chi connectivity index (χ2n) is 16.6.